The molecule has 1 amide bonds. The third-order valence-corrected chi connectivity index (χ3v) is 4.87. The van der Waals surface area contributed by atoms with E-state index >= 15 is 0 Å². The number of para-hydroxylation sites is 1. The molecule has 1 atom stereocenters. The number of carbonyl (C=O) groups excluding carboxylic acids is 1. The Balaban J connectivity index is 1.68. The molecule has 0 bridgehead atoms. The predicted molar refractivity (Wildman–Crippen MR) is 103 cm³/mol. The monoisotopic (exact) mass is 393 g/mol. The third kappa shape index (κ3) is 5.37. The molecule has 0 spiro atoms. The van der Waals surface area contributed by atoms with E-state index in [9.17, 15) is 4.79 Å². The molecule has 0 N–H and O–H groups in total. The maximum absolute atomic E-state index is 12.8. The summed E-state index contributed by atoms with van der Waals surface area (Å²) < 4.78 is 11.3. The van der Waals surface area contributed by atoms with Crippen LogP contribution in [0.2, 0.25) is 10.0 Å². The van der Waals surface area contributed by atoms with Gasteiger partial charge in [-0.15, -0.1) is 0 Å². The van der Waals surface area contributed by atoms with E-state index in [1.54, 1.807) is 17.0 Å². The van der Waals surface area contributed by atoms with Crippen LogP contribution in [0, 0.1) is 0 Å². The largest absolute Gasteiger partial charge is 0.484 e. The van der Waals surface area contributed by atoms with Gasteiger partial charge in [-0.1, -0.05) is 47.5 Å². The topological polar surface area (TPSA) is 38.8 Å². The normalized spacial score (nSPS) is 16.5. The molecule has 26 heavy (non-hydrogen) atoms. The number of halogens is 2. The van der Waals surface area contributed by atoms with Gasteiger partial charge in [0.15, 0.2) is 6.61 Å². The lowest BCUT2D eigenvalue weighted by atomic mass is 10.1. The van der Waals surface area contributed by atoms with Crippen LogP contribution in [0.15, 0.2) is 48.5 Å². The molecule has 1 aliphatic rings. The van der Waals surface area contributed by atoms with Gasteiger partial charge in [-0.3, -0.25) is 4.79 Å². The van der Waals surface area contributed by atoms with E-state index < -0.39 is 0 Å². The van der Waals surface area contributed by atoms with Gasteiger partial charge in [0, 0.05) is 29.7 Å². The molecule has 0 radical (unpaired) electrons. The van der Waals surface area contributed by atoms with Crippen molar-refractivity contribution in [1.29, 1.82) is 0 Å². The van der Waals surface area contributed by atoms with Crippen LogP contribution in [0.5, 0.6) is 5.75 Å². The molecule has 1 saturated heterocycles. The van der Waals surface area contributed by atoms with E-state index in [2.05, 4.69) is 0 Å². The van der Waals surface area contributed by atoms with Gasteiger partial charge in [0.2, 0.25) is 0 Å². The summed E-state index contributed by atoms with van der Waals surface area (Å²) in [4.78, 5) is 14.5. The van der Waals surface area contributed by atoms with E-state index in [1.807, 2.05) is 36.4 Å². The maximum Gasteiger partial charge on any atom is 0.260 e. The number of benzene rings is 2. The number of hydrogen-bond acceptors (Lipinski definition) is 3. The van der Waals surface area contributed by atoms with Crippen molar-refractivity contribution in [3.05, 3.63) is 64.1 Å². The first-order valence-corrected chi connectivity index (χ1v) is 9.38. The molecule has 1 heterocycles. The number of ether oxygens (including phenoxy) is 2. The average molecular weight is 394 g/mol. The van der Waals surface area contributed by atoms with E-state index in [-0.39, 0.29) is 18.6 Å². The summed E-state index contributed by atoms with van der Waals surface area (Å²) in [5.41, 5.74) is 0.849. The maximum atomic E-state index is 12.8. The molecular weight excluding hydrogens is 373 g/mol. The fourth-order valence-electron chi connectivity index (χ4n) is 2.90. The van der Waals surface area contributed by atoms with Crippen LogP contribution in [-0.2, 0) is 16.1 Å². The minimum atomic E-state index is -0.102. The Morgan fingerprint density at radius 1 is 1.19 bits per heavy atom. The fourth-order valence-corrected chi connectivity index (χ4v) is 3.37. The molecule has 2 aromatic rings. The molecule has 4 nitrogen and oxygen atoms in total. The quantitative estimate of drug-likeness (QED) is 0.690. The van der Waals surface area contributed by atoms with Crippen molar-refractivity contribution in [3.8, 4) is 5.75 Å². The first kappa shape index (κ1) is 19.0. The summed E-state index contributed by atoms with van der Waals surface area (Å²) in [6.07, 6.45) is 2.04. The lowest BCUT2D eigenvalue weighted by Gasteiger charge is -2.26. The van der Waals surface area contributed by atoms with Gasteiger partial charge >= 0.3 is 0 Å². The van der Waals surface area contributed by atoms with Gasteiger partial charge in [-0.2, -0.15) is 0 Å². The lowest BCUT2D eigenvalue weighted by Crippen LogP contribution is -2.39. The van der Waals surface area contributed by atoms with Crippen LogP contribution < -0.4 is 4.74 Å². The Labute approximate surface area is 163 Å². The molecule has 0 saturated carbocycles. The van der Waals surface area contributed by atoms with Crippen molar-refractivity contribution in [2.45, 2.75) is 25.5 Å². The fraction of sp³-hybridized carbons (Fsp3) is 0.350. The minimum Gasteiger partial charge on any atom is -0.484 e. The van der Waals surface area contributed by atoms with Crippen molar-refractivity contribution in [3.63, 3.8) is 0 Å². The van der Waals surface area contributed by atoms with Gasteiger partial charge in [-0.25, -0.2) is 0 Å². The second kappa shape index (κ2) is 9.26. The molecule has 1 fully saturated rings. The van der Waals surface area contributed by atoms with Crippen LogP contribution >= 0.6 is 23.2 Å². The molecule has 0 aromatic heterocycles. The molecule has 2 aromatic carbocycles. The van der Waals surface area contributed by atoms with Gasteiger partial charge in [-0.05, 0) is 42.7 Å². The first-order chi connectivity index (χ1) is 12.6. The van der Waals surface area contributed by atoms with E-state index in [1.165, 1.54) is 0 Å². The van der Waals surface area contributed by atoms with Crippen molar-refractivity contribution >= 4 is 29.1 Å². The Bertz CT molecular complexity index is 733. The van der Waals surface area contributed by atoms with E-state index in [0.717, 1.165) is 25.0 Å². The Hall–Kier alpha value is -1.75. The van der Waals surface area contributed by atoms with E-state index in [4.69, 9.17) is 32.7 Å². The molecular formula is C20H21Cl2NO3. The molecule has 0 unspecified atom stereocenters. The summed E-state index contributed by atoms with van der Waals surface area (Å²) in [6.45, 7) is 1.64. The summed E-state index contributed by atoms with van der Waals surface area (Å²) >= 11 is 12.2. The van der Waals surface area contributed by atoms with Gasteiger partial charge in [0.05, 0.1) is 6.10 Å². The number of nitrogens with zero attached hydrogens (tertiary/aromatic N) is 1. The SMILES string of the molecule is O=C(COc1ccccc1)N(Cc1ccc(Cl)cc1Cl)C[C@H]1CCCO1. The Morgan fingerprint density at radius 2 is 2.00 bits per heavy atom. The predicted octanol–water partition coefficient (Wildman–Crippen LogP) is 4.58. The van der Waals surface area contributed by atoms with Crippen LogP contribution in [0.4, 0.5) is 0 Å². The second-order valence-corrected chi connectivity index (χ2v) is 7.09. The smallest absolute Gasteiger partial charge is 0.260 e. The number of hydrogen-bond donors (Lipinski definition) is 0. The molecule has 6 heteroatoms. The van der Waals surface area contributed by atoms with Crippen LogP contribution in [0.25, 0.3) is 0 Å². The summed E-state index contributed by atoms with van der Waals surface area (Å²) in [7, 11) is 0. The van der Waals surface area contributed by atoms with Crippen molar-refractivity contribution in [1.82, 2.24) is 4.90 Å². The zero-order valence-corrected chi connectivity index (χ0v) is 15.9. The highest BCUT2D eigenvalue weighted by Crippen LogP contribution is 2.23. The highest BCUT2D eigenvalue weighted by Gasteiger charge is 2.23. The number of carbonyl (C=O) groups is 1. The Kier molecular flexibility index (Phi) is 6.78. The highest BCUT2D eigenvalue weighted by atomic mass is 35.5. The van der Waals surface area contributed by atoms with Crippen LogP contribution in [0.3, 0.4) is 0 Å². The lowest BCUT2D eigenvalue weighted by molar-refractivity contribution is -0.135. The molecule has 138 valence electrons. The molecule has 3 rings (SSSR count). The Morgan fingerprint density at radius 3 is 2.69 bits per heavy atom. The summed E-state index contributed by atoms with van der Waals surface area (Å²) in [5.74, 6) is 0.567. The zero-order chi connectivity index (χ0) is 18.4. The average Bonchev–Trinajstić information content (AvgIpc) is 3.15. The minimum absolute atomic E-state index is 0.0259. The molecule has 1 aliphatic heterocycles. The second-order valence-electron chi connectivity index (χ2n) is 6.25. The standard InChI is InChI=1S/C20H21Cl2NO3/c21-16-9-8-15(19(22)11-16)12-23(13-18-7-4-10-25-18)20(24)14-26-17-5-2-1-3-6-17/h1-3,5-6,8-9,11,18H,4,7,10,12-14H2/t18-/m1/s1. The van der Waals surface area contributed by atoms with Crippen molar-refractivity contribution in [2.75, 3.05) is 19.8 Å². The first-order valence-electron chi connectivity index (χ1n) is 8.63. The van der Waals surface area contributed by atoms with Crippen molar-refractivity contribution < 1.29 is 14.3 Å². The number of rotatable bonds is 7. The summed E-state index contributed by atoms with van der Waals surface area (Å²) in [5, 5.41) is 1.12. The van der Waals surface area contributed by atoms with E-state index in [0.29, 0.717) is 28.9 Å². The van der Waals surface area contributed by atoms with Gasteiger partial charge in [0.25, 0.3) is 5.91 Å². The van der Waals surface area contributed by atoms with Crippen LogP contribution in [0.1, 0.15) is 18.4 Å². The third-order valence-electron chi connectivity index (χ3n) is 4.28. The van der Waals surface area contributed by atoms with Crippen molar-refractivity contribution in [2.24, 2.45) is 0 Å². The summed E-state index contributed by atoms with van der Waals surface area (Å²) in [6, 6.07) is 14.6. The zero-order valence-electron chi connectivity index (χ0n) is 14.4. The molecule has 0 aliphatic carbocycles. The van der Waals surface area contributed by atoms with Gasteiger partial charge in [0.1, 0.15) is 5.75 Å². The highest BCUT2D eigenvalue weighted by molar-refractivity contribution is 6.35. The van der Waals surface area contributed by atoms with Crippen LogP contribution in [-0.4, -0.2) is 36.7 Å². The number of amides is 1. The van der Waals surface area contributed by atoms with Gasteiger partial charge < -0.3 is 14.4 Å².